The minimum absolute atomic E-state index is 0.0102. The van der Waals surface area contributed by atoms with Crippen molar-refractivity contribution in [3.8, 4) is 11.4 Å². The predicted octanol–water partition coefficient (Wildman–Crippen LogP) is 2.67. The summed E-state index contributed by atoms with van der Waals surface area (Å²) in [5, 5.41) is 13.8. The van der Waals surface area contributed by atoms with Crippen molar-refractivity contribution in [2.75, 3.05) is 0 Å². The third-order valence-corrected chi connectivity index (χ3v) is 3.51. The summed E-state index contributed by atoms with van der Waals surface area (Å²) in [7, 11) is 0. The van der Waals surface area contributed by atoms with Gasteiger partial charge in [0.05, 0.1) is 12.0 Å². The third kappa shape index (κ3) is 2.04. The van der Waals surface area contributed by atoms with E-state index in [-0.39, 0.29) is 12.0 Å². The van der Waals surface area contributed by atoms with Crippen LogP contribution >= 0.6 is 0 Å². The van der Waals surface area contributed by atoms with Crippen LogP contribution in [0.2, 0.25) is 0 Å². The molecule has 1 heterocycles. The number of rotatable bonds is 2. The quantitative estimate of drug-likeness (QED) is 0.882. The van der Waals surface area contributed by atoms with Gasteiger partial charge in [-0.05, 0) is 32.3 Å². The number of hydrogen-bond donors (Lipinski definition) is 1. The van der Waals surface area contributed by atoms with Crippen molar-refractivity contribution in [3.63, 3.8) is 0 Å². The highest BCUT2D eigenvalue weighted by atomic mass is 16.5. The average molecular weight is 244 g/mol. The molecule has 2 atom stereocenters. The van der Waals surface area contributed by atoms with Gasteiger partial charge in [-0.3, -0.25) is 0 Å². The zero-order valence-corrected chi connectivity index (χ0v) is 10.3. The summed E-state index contributed by atoms with van der Waals surface area (Å²) in [4.78, 5) is 4.42. The molecule has 2 unspecified atom stereocenters. The Morgan fingerprint density at radius 2 is 2.22 bits per heavy atom. The molecule has 94 valence electrons. The van der Waals surface area contributed by atoms with E-state index < -0.39 is 0 Å². The van der Waals surface area contributed by atoms with Crippen LogP contribution in [-0.4, -0.2) is 21.4 Å². The van der Waals surface area contributed by atoms with Crippen LogP contribution in [0, 0.1) is 6.92 Å². The molecule has 0 bridgehead atoms. The van der Waals surface area contributed by atoms with Crippen LogP contribution in [0.15, 0.2) is 28.8 Å². The molecule has 1 aliphatic carbocycles. The first-order valence-corrected chi connectivity index (χ1v) is 6.33. The van der Waals surface area contributed by atoms with Gasteiger partial charge in [0, 0.05) is 5.56 Å². The number of aliphatic hydroxyl groups excluding tert-OH is 1. The smallest absolute Gasteiger partial charge is 0.232 e. The highest BCUT2D eigenvalue weighted by Crippen LogP contribution is 2.34. The topological polar surface area (TPSA) is 59.2 Å². The Morgan fingerprint density at radius 3 is 2.94 bits per heavy atom. The fraction of sp³-hybridized carbons (Fsp3) is 0.429. The summed E-state index contributed by atoms with van der Waals surface area (Å²) in [6.45, 7) is 2.03. The lowest BCUT2D eigenvalue weighted by Gasteiger charge is -2.07. The number of hydrogen-bond acceptors (Lipinski definition) is 4. The monoisotopic (exact) mass is 244 g/mol. The number of aryl methyl sites for hydroxylation is 1. The number of nitrogens with zero attached hydrogens (tertiary/aromatic N) is 2. The van der Waals surface area contributed by atoms with Crippen LogP contribution in [0.25, 0.3) is 11.4 Å². The molecule has 0 radical (unpaired) electrons. The maximum atomic E-state index is 9.84. The van der Waals surface area contributed by atoms with Crippen LogP contribution in [0.3, 0.4) is 0 Å². The molecule has 1 fully saturated rings. The number of aromatic nitrogens is 2. The molecule has 0 spiro atoms. The molecule has 0 amide bonds. The summed E-state index contributed by atoms with van der Waals surface area (Å²) < 4.78 is 5.29. The standard InChI is InChI=1S/C14H16N2O2/c1-9-4-2-5-10(8-9)13-15-14(18-16-13)11-6-3-7-12(11)17/h2,4-5,8,11-12,17H,3,6-7H2,1H3. The van der Waals surface area contributed by atoms with Gasteiger partial charge >= 0.3 is 0 Å². The Bertz CT molecular complexity index is 550. The lowest BCUT2D eigenvalue weighted by atomic mass is 10.1. The fourth-order valence-corrected chi connectivity index (χ4v) is 2.52. The van der Waals surface area contributed by atoms with Crippen molar-refractivity contribution < 1.29 is 9.63 Å². The van der Waals surface area contributed by atoms with Crippen molar-refractivity contribution in [1.29, 1.82) is 0 Å². The highest BCUT2D eigenvalue weighted by Gasteiger charge is 2.31. The Kier molecular flexibility index (Phi) is 2.88. The van der Waals surface area contributed by atoms with Crippen LogP contribution in [0.4, 0.5) is 0 Å². The molecule has 1 saturated carbocycles. The van der Waals surface area contributed by atoms with E-state index in [0.717, 1.165) is 24.8 Å². The molecule has 4 heteroatoms. The number of benzene rings is 1. The average Bonchev–Trinajstić information content (AvgIpc) is 2.97. The maximum absolute atomic E-state index is 9.84. The Morgan fingerprint density at radius 1 is 1.33 bits per heavy atom. The summed E-state index contributed by atoms with van der Waals surface area (Å²) in [5.74, 6) is 1.18. The Balaban J connectivity index is 1.89. The maximum Gasteiger partial charge on any atom is 0.232 e. The van der Waals surface area contributed by atoms with Crippen LogP contribution in [0.1, 0.15) is 36.6 Å². The molecule has 1 N–H and O–H groups in total. The Labute approximate surface area is 106 Å². The van der Waals surface area contributed by atoms with Gasteiger partial charge < -0.3 is 9.63 Å². The summed E-state index contributed by atoms with van der Waals surface area (Å²) in [6, 6.07) is 8.00. The number of aliphatic hydroxyl groups is 1. The minimum atomic E-state index is -0.337. The molecule has 1 aromatic carbocycles. The molecular formula is C14H16N2O2. The van der Waals surface area contributed by atoms with Gasteiger partial charge in [0.2, 0.25) is 11.7 Å². The molecule has 0 saturated heterocycles. The van der Waals surface area contributed by atoms with Gasteiger partial charge in [0.1, 0.15) is 0 Å². The zero-order chi connectivity index (χ0) is 12.5. The normalized spacial score (nSPS) is 23.4. The predicted molar refractivity (Wildman–Crippen MR) is 67.1 cm³/mol. The van der Waals surface area contributed by atoms with Crippen molar-refractivity contribution >= 4 is 0 Å². The van der Waals surface area contributed by atoms with Gasteiger partial charge in [-0.1, -0.05) is 28.9 Å². The summed E-state index contributed by atoms with van der Waals surface area (Å²) in [5.41, 5.74) is 2.12. The van der Waals surface area contributed by atoms with Crippen LogP contribution in [-0.2, 0) is 0 Å². The van der Waals surface area contributed by atoms with Gasteiger partial charge in [-0.25, -0.2) is 0 Å². The molecule has 3 rings (SSSR count). The van der Waals surface area contributed by atoms with Gasteiger partial charge in [-0.2, -0.15) is 4.98 Å². The van der Waals surface area contributed by atoms with E-state index in [1.807, 2.05) is 31.2 Å². The second kappa shape index (κ2) is 4.53. The summed E-state index contributed by atoms with van der Waals surface area (Å²) >= 11 is 0. The molecule has 2 aromatic rings. The highest BCUT2D eigenvalue weighted by molar-refractivity contribution is 5.55. The zero-order valence-electron chi connectivity index (χ0n) is 10.3. The van der Waals surface area contributed by atoms with E-state index in [2.05, 4.69) is 10.1 Å². The van der Waals surface area contributed by atoms with Crippen LogP contribution < -0.4 is 0 Å². The van der Waals surface area contributed by atoms with Gasteiger partial charge in [-0.15, -0.1) is 0 Å². The van der Waals surface area contributed by atoms with E-state index in [4.69, 9.17) is 4.52 Å². The van der Waals surface area contributed by atoms with Crippen LogP contribution in [0.5, 0.6) is 0 Å². The molecular weight excluding hydrogens is 228 g/mol. The second-order valence-corrected chi connectivity index (χ2v) is 4.93. The molecule has 0 aliphatic heterocycles. The third-order valence-electron chi connectivity index (χ3n) is 3.51. The van der Waals surface area contributed by atoms with E-state index in [1.54, 1.807) is 0 Å². The first-order valence-electron chi connectivity index (χ1n) is 6.33. The molecule has 18 heavy (non-hydrogen) atoms. The van der Waals surface area contributed by atoms with Gasteiger partial charge in [0.15, 0.2) is 0 Å². The SMILES string of the molecule is Cc1cccc(-c2noc(C3CCCC3O)n2)c1. The van der Waals surface area contributed by atoms with E-state index in [9.17, 15) is 5.11 Å². The lowest BCUT2D eigenvalue weighted by Crippen LogP contribution is -2.11. The first kappa shape index (κ1) is 11.4. The molecule has 1 aromatic heterocycles. The summed E-state index contributed by atoms with van der Waals surface area (Å²) in [6.07, 6.45) is 2.44. The lowest BCUT2D eigenvalue weighted by molar-refractivity contribution is 0.148. The van der Waals surface area contributed by atoms with Crippen molar-refractivity contribution in [2.24, 2.45) is 0 Å². The first-order chi connectivity index (χ1) is 8.74. The largest absolute Gasteiger partial charge is 0.392 e. The van der Waals surface area contributed by atoms with Crippen molar-refractivity contribution in [2.45, 2.75) is 38.2 Å². The fourth-order valence-electron chi connectivity index (χ4n) is 2.52. The second-order valence-electron chi connectivity index (χ2n) is 4.93. The molecule has 4 nitrogen and oxygen atoms in total. The molecule has 1 aliphatic rings. The van der Waals surface area contributed by atoms with Gasteiger partial charge in [0.25, 0.3) is 0 Å². The van der Waals surface area contributed by atoms with E-state index >= 15 is 0 Å². The minimum Gasteiger partial charge on any atom is -0.392 e. The Hall–Kier alpha value is -1.68. The van der Waals surface area contributed by atoms with Crippen molar-refractivity contribution in [1.82, 2.24) is 10.1 Å². The van der Waals surface area contributed by atoms with Crippen molar-refractivity contribution in [3.05, 3.63) is 35.7 Å². The van der Waals surface area contributed by atoms with E-state index in [0.29, 0.717) is 11.7 Å². The van der Waals surface area contributed by atoms with E-state index in [1.165, 1.54) is 5.56 Å².